The Morgan fingerprint density at radius 2 is 1.30 bits per heavy atom. The number of aromatic hydroxyl groups is 1. The summed E-state index contributed by atoms with van der Waals surface area (Å²) in [5, 5.41) is 19.0. The van der Waals surface area contributed by atoms with Gasteiger partial charge in [-0.25, -0.2) is 0 Å². The van der Waals surface area contributed by atoms with Crippen LogP contribution in [0.25, 0.3) is 0 Å². The number of aromatic nitrogens is 3. The lowest BCUT2D eigenvalue weighted by atomic mass is 10.1. The molecule has 0 fully saturated rings. The van der Waals surface area contributed by atoms with E-state index in [4.69, 9.17) is 15.2 Å². The van der Waals surface area contributed by atoms with Crippen molar-refractivity contribution in [3.8, 4) is 5.75 Å². The molecule has 0 atom stereocenters. The maximum absolute atomic E-state index is 12.1. The smallest absolute Gasteiger partial charge is 0.233 e. The van der Waals surface area contributed by atoms with E-state index in [-0.39, 0.29) is 11.5 Å². The fraction of sp³-hybridized carbons (Fsp3) is 0.241. The number of ketones is 1. The highest BCUT2D eigenvalue weighted by molar-refractivity contribution is 5.95. The van der Waals surface area contributed by atoms with Gasteiger partial charge in [0.2, 0.25) is 17.8 Å². The second-order valence-electron chi connectivity index (χ2n) is 8.77. The number of nitrogens with one attached hydrogen (secondary N) is 3. The molecule has 6 N–H and O–H groups in total. The van der Waals surface area contributed by atoms with Crippen molar-refractivity contribution in [1.82, 2.24) is 15.0 Å². The molecule has 4 rings (SSSR count). The van der Waals surface area contributed by atoms with Crippen LogP contribution >= 0.6 is 0 Å². The minimum absolute atomic E-state index is 0.123. The average Bonchev–Trinajstić information content (AvgIpc) is 2.97. The number of phenolic OH excluding ortho intramolecular Hbond substituents is 1. The highest BCUT2D eigenvalue weighted by Crippen LogP contribution is 2.21. The predicted molar refractivity (Wildman–Crippen MR) is 155 cm³/mol. The van der Waals surface area contributed by atoms with Crippen LogP contribution in [0.3, 0.4) is 0 Å². The highest BCUT2D eigenvalue weighted by atomic mass is 16.5. The number of phenols is 1. The molecule has 208 valence electrons. The van der Waals surface area contributed by atoms with E-state index in [1.165, 1.54) is 0 Å². The van der Waals surface area contributed by atoms with Gasteiger partial charge in [-0.05, 0) is 55.0 Å². The summed E-state index contributed by atoms with van der Waals surface area (Å²) in [4.78, 5) is 25.4. The quantitative estimate of drug-likeness (QED) is 0.0575. The summed E-state index contributed by atoms with van der Waals surface area (Å²) in [5.74, 6) is 1.30. The molecule has 11 nitrogen and oxygen atoms in total. The molecule has 0 unspecified atom stereocenters. The first-order valence-corrected chi connectivity index (χ1v) is 13.0. The molecule has 1 aromatic heterocycles. The Bertz CT molecular complexity index is 1270. The topological polar surface area (TPSA) is 157 Å². The van der Waals surface area contributed by atoms with Crippen LogP contribution in [0.15, 0.2) is 78.9 Å². The minimum atomic E-state index is 0.123. The number of carbonyl (C=O) groups is 1. The van der Waals surface area contributed by atoms with Crippen LogP contribution in [0.4, 0.5) is 34.9 Å². The fourth-order valence-corrected chi connectivity index (χ4v) is 3.60. The number of anilines is 6. The fourth-order valence-electron chi connectivity index (χ4n) is 3.60. The van der Waals surface area contributed by atoms with Crippen molar-refractivity contribution in [2.24, 2.45) is 0 Å². The third-order valence-corrected chi connectivity index (χ3v) is 5.62. The molecule has 0 aliphatic heterocycles. The van der Waals surface area contributed by atoms with Gasteiger partial charge in [0.15, 0.2) is 5.78 Å². The number of carbonyl (C=O) groups excluding carboxylic acids is 1. The summed E-state index contributed by atoms with van der Waals surface area (Å²) in [6.07, 6.45) is 1.13. The SMILES string of the molecule is Nc1ccc(Nc2nc(NCCOCCOCCCC(=O)c3ccccc3)nc(Nc3ccc(O)cc3)n2)cc1. The van der Waals surface area contributed by atoms with Crippen LogP contribution in [0.2, 0.25) is 0 Å². The van der Waals surface area contributed by atoms with Gasteiger partial charge < -0.3 is 36.3 Å². The van der Waals surface area contributed by atoms with E-state index < -0.39 is 0 Å². The zero-order chi connectivity index (χ0) is 28.0. The summed E-state index contributed by atoms with van der Waals surface area (Å²) in [6.45, 7) is 2.27. The van der Waals surface area contributed by atoms with E-state index in [0.29, 0.717) is 75.0 Å². The number of nitrogens with two attached hydrogens (primary N) is 1. The van der Waals surface area contributed by atoms with Crippen molar-refractivity contribution in [3.05, 3.63) is 84.4 Å². The Balaban J connectivity index is 1.20. The number of rotatable bonds is 16. The lowest BCUT2D eigenvalue weighted by Crippen LogP contribution is -2.15. The van der Waals surface area contributed by atoms with Crippen LogP contribution in [0.1, 0.15) is 23.2 Å². The minimum Gasteiger partial charge on any atom is -0.508 e. The van der Waals surface area contributed by atoms with Crippen LogP contribution in [0, 0.1) is 0 Å². The highest BCUT2D eigenvalue weighted by Gasteiger charge is 2.08. The number of benzene rings is 3. The molecule has 0 saturated heterocycles. The number of ether oxygens (including phenoxy) is 2. The first-order valence-electron chi connectivity index (χ1n) is 13.0. The zero-order valence-corrected chi connectivity index (χ0v) is 22.0. The molecular weight excluding hydrogens is 510 g/mol. The van der Waals surface area contributed by atoms with Crippen LogP contribution in [-0.4, -0.2) is 58.8 Å². The van der Waals surface area contributed by atoms with Crippen molar-refractivity contribution >= 4 is 40.7 Å². The lowest BCUT2D eigenvalue weighted by Gasteiger charge is -2.12. The second-order valence-corrected chi connectivity index (χ2v) is 8.77. The van der Waals surface area contributed by atoms with Crippen molar-refractivity contribution in [2.75, 3.05) is 54.7 Å². The Morgan fingerprint density at radius 3 is 1.95 bits per heavy atom. The molecule has 0 saturated carbocycles. The molecule has 3 aromatic carbocycles. The third kappa shape index (κ3) is 9.53. The van der Waals surface area contributed by atoms with Crippen LogP contribution in [-0.2, 0) is 9.47 Å². The number of nitrogen functional groups attached to an aromatic ring is 1. The van der Waals surface area contributed by atoms with E-state index in [2.05, 4.69) is 30.9 Å². The molecule has 0 amide bonds. The van der Waals surface area contributed by atoms with E-state index in [1.54, 1.807) is 36.4 Å². The largest absolute Gasteiger partial charge is 0.508 e. The van der Waals surface area contributed by atoms with Gasteiger partial charge in [-0.3, -0.25) is 4.79 Å². The molecular formula is C29H33N7O4. The monoisotopic (exact) mass is 543 g/mol. The summed E-state index contributed by atoms with van der Waals surface area (Å²) in [5.41, 5.74) is 8.64. The Morgan fingerprint density at radius 1 is 0.725 bits per heavy atom. The van der Waals surface area contributed by atoms with Gasteiger partial charge >= 0.3 is 0 Å². The van der Waals surface area contributed by atoms with Crippen LogP contribution < -0.4 is 21.7 Å². The second kappa shape index (κ2) is 15.0. The van der Waals surface area contributed by atoms with E-state index in [0.717, 1.165) is 11.3 Å². The van der Waals surface area contributed by atoms with Crippen LogP contribution in [0.5, 0.6) is 5.75 Å². The summed E-state index contributed by atoms with van der Waals surface area (Å²) in [6, 6.07) is 23.1. The first-order chi connectivity index (χ1) is 19.5. The number of nitrogens with zero attached hydrogens (tertiary/aromatic N) is 3. The standard InChI is InChI=1S/C29H33N7O4/c30-22-8-10-23(11-9-22)32-28-34-27(35-29(36-28)33-24-12-14-25(37)15-13-24)31-16-18-40-20-19-39-17-4-7-26(38)21-5-2-1-3-6-21/h1-3,5-6,8-15,37H,4,7,16-20,30H2,(H3,31,32,33,34,35,36). The Kier molecular flexibility index (Phi) is 10.6. The molecule has 0 spiro atoms. The van der Waals surface area contributed by atoms with Gasteiger partial charge in [-0.2, -0.15) is 15.0 Å². The predicted octanol–water partition coefficient (Wildman–Crippen LogP) is 4.75. The number of hydrogen-bond acceptors (Lipinski definition) is 11. The van der Waals surface area contributed by atoms with Crippen molar-refractivity contribution in [2.45, 2.75) is 12.8 Å². The van der Waals surface area contributed by atoms with Gasteiger partial charge in [0.05, 0.1) is 19.8 Å². The summed E-state index contributed by atoms with van der Waals surface area (Å²) < 4.78 is 11.2. The van der Waals surface area contributed by atoms with Crippen molar-refractivity contribution < 1.29 is 19.4 Å². The molecule has 4 aromatic rings. The molecule has 0 bridgehead atoms. The van der Waals surface area contributed by atoms with E-state index >= 15 is 0 Å². The molecule has 1 heterocycles. The lowest BCUT2D eigenvalue weighted by molar-refractivity contribution is 0.0497. The molecule has 40 heavy (non-hydrogen) atoms. The third-order valence-electron chi connectivity index (χ3n) is 5.62. The van der Waals surface area contributed by atoms with E-state index in [1.807, 2.05) is 42.5 Å². The van der Waals surface area contributed by atoms with Crippen molar-refractivity contribution in [1.29, 1.82) is 0 Å². The maximum atomic E-state index is 12.1. The van der Waals surface area contributed by atoms with Gasteiger partial charge in [0, 0.05) is 42.2 Å². The van der Waals surface area contributed by atoms with E-state index in [9.17, 15) is 9.90 Å². The van der Waals surface area contributed by atoms with Crippen molar-refractivity contribution in [3.63, 3.8) is 0 Å². The van der Waals surface area contributed by atoms with Gasteiger partial charge in [0.25, 0.3) is 0 Å². The number of hydrogen-bond donors (Lipinski definition) is 5. The number of Topliss-reactive ketones (excluding diaryl/α,β-unsaturated/α-hetero) is 1. The molecule has 11 heteroatoms. The van der Waals surface area contributed by atoms with Gasteiger partial charge in [-0.15, -0.1) is 0 Å². The Labute approximate surface area is 232 Å². The van der Waals surface area contributed by atoms with Gasteiger partial charge in [0.1, 0.15) is 5.75 Å². The normalized spacial score (nSPS) is 10.7. The van der Waals surface area contributed by atoms with Gasteiger partial charge in [-0.1, -0.05) is 30.3 Å². The summed E-state index contributed by atoms with van der Waals surface area (Å²) >= 11 is 0. The summed E-state index contributed by atoms with van der Waals surface area (Å²) in [7, 11) is 0. The zero-order valence-electron chi connectivity index (χ0n) is 22.0. The molecule has 0 radical (unpaired) electrons. The molecule has 0 aliphatic carbocycles. The first kappa shape index (κ1) is 28.3. The average molecular weight is 544 g/mol. The molecule has 0 aliphatic rings. The maximum Gasteiger partial charge on any atom is 0.233 e. The Hall–Kier alpha value is -4.74.